The van der Waals surface area contributed by atoms with Crippen molar-refractivity contribution in [1.82, 2.24) is 0 Å². The van der Waals surface area contributed by atoms with E-state index in [1.807, 2.05) is 0 Å². The number of hydrogen-bond donors (Lipinski definition) is 0. The van der Waals surface area contributed by atoms with E-state index >= 15 is 0 Å². The highest BCUT2D eigenvalue weighted by Crippen LogP contribution is 2.47. The van der Waals surface area contributed by atoms with Crippen molar-refractivity contribution in [3.8, 4) is 0 Å². The highest BCUT2D eigenvalue weighted by Gasteiger charge is 2.52. The minimum Gasteiger partial charge on any atom is -0.465 e. The third-order valence-electron chi connectivity index (χ3n) is 2.90. The largest absolute Gasteiger partial charge is 0.465 e. The van der Waals surface area contributed by atoms with Crippen molar-refractivity contribution in [3.63, 3.8) is 0 Å². The predicted octanol–water partition coefficient (Wildman–Crippen LogP) is 1.10. The van der Waals surface area contributed by atoms with Gasteiger partial charge in [-0.25, -0.2) is 0 Å². The number of ether oxygens (including phenoxy) is 2. The molecule has 0 atom stereocenters. The van der Waals surface area contributed by atoms with Crippen molar-refractivity contribution in [2.24, 2.45) is 11.3 Å². The monoisotopic (exact) mass is 242 g/mol. The first-order valence-corrected chi connectivity index (χ1v) is 5.84. The van der Waals surface area contributed by atoms with Gasteiger partial charge in [-0.05, 0) is 26.7 Å². The minimum absolute atomic E-state index is 0.138. The number of carbonyl (C=O) groups excluding carboxylic acids is 3. The summed E-state index contributed by atoms with van der Waals surface area (Å²) in [6.45, 7) is 5.28. The number of rotatable bonds is 6. The Morgan fingerprint density at radius 2 is 1.47 bits per heavy atom. The van der Waals surface area contributed by atoms with Crippen LogP contribution in [0.4, 0.5) is 0 Å². The van der Waals surface area contributed by atoms with Gasteiger partial charge in [0, 0.05) is 5.41 Å². The zero-order valence-electron chi connectivity index (χ0n) is 10.4. The van der Waals surface area contributed by atoms with Crippen LogP contribution in [-0.4, -0.2) is 30.9 Å². The summed E-state index contributed by atoms with van der Waals surface area (Å²) in [5.74, 6) is -3.40. The SMILES string of the molecule is CCOC(=O)C(C(=O)OCC)C(=O)C1(C)CC1. The van der Waals surface area contributed by atoms with Crippen LogP contribution in [0.15, 0.2) is 0 Å². The molecule has 0 aromatic rings. The van der Waals surface area contributed by atoms with Crippen LogP contribution in [0.5, 0.6) is 0 Å². The topological polar surface area (TPSA) is 69.7 Å². The van der Waals surface area contributed by atoms with Crippen LogP contribution in [0.2, 0.25) is 0 Å². The van der Waals surface area contributed by atoms with E-state index in [-0.39, 0.29) is 19.0 Å². The van der Waals surface area contributed by atoms with Gasteiger partial charge in [-0.15, -0.1) is 0 Å². The molecule has 96 valence electrons. The fraction of sp³-hybridized carbons (Fsp3) is 0.750. The van der Waals surface area contributed by atoms with E-state index in [1.165, 1.54) is 0 Å². The Labute approximate surface area is 100 Å². The van der Waals surface area contributed by atoms with Crippen LogP contribution >= 0.6 is 0 Å². The Bertz CT molecular complexity index is 312. The van der Waals surface area contributed by atoms with E-state index in [1.54, 1.807) is 20.8 Å². The molecule has 0 radical (unpaired) electrons. The van der Waals surface area contributed by atoms with Crippen molar-refractivity contribution in [2.75, 3.05) is 13.2 Å². The van der Waals surface area contributed by atoms with Gasteiger partial charge in [0.1, 0.15) is 0 Å². The third kappa shape index (κ3) is 3.05. The standard InChI is InChI=1S/C12H18O5/c1-4-16-10(14)8(11(15)17-5-2)9(13)12(3)6-7-12/h8H,4-7H2,1-3H3. The second-order valence-corrected chi connectivity index (χ2v) is 4.36. The molecule has 0 unspecified atom stereocenters. The molecular weight excluding hydrogens is 224 g/mol. The van der Waals surface area contributed by atoms with Crippen LogP contribution in [0.1, 0.15) is 33.6 Å². The molecule has 1 aliphatic rings. The van der Waals surface area contributed by atoms with E-state index < -0.39 is 23.3 Å². The highest BCUT2D eigenvalue weighted by molar-refractivity contribution is 6.17. The molecule has 1 aliphatic carbocycles. The van der Waals surface area contributed by atoms with Gasteiger partial charge >= 0.3 is 11.9 Å². The lowest BCUT2D eigenvalue weighted by atomic mass is 9.91. The van der Waals surface area contributed by atoms with Gasteiger partial charge in [0.05, 0.1) is 13.2 Å². The molecule has 0 aromatic heterocycles. The van der Waals surface area contributed by atoms with Gasteiger partial charge in [0.25, 0.3) is 0 Å². The summed E-state index contributed by atoms with van der Waals surface area (Å²) in [7, 11) is 0. The van der Waals surface area contributed by atoms with Crippen LogP contribution in [0.3, 0.4) is 0 Å². The number of carbonyl (C=O) groups is 3. The quantitative estimate of drug-likeness (QED) is 0.515. The molecule has 0 bridgehead atoms. The van der Waals surface area contributed by atoms with E-state index in [4.69, 9.17) is 9.47 Å². The average molecular weight is 242 g/mol. The van der Waals surface area contributed by atoms with Gasteiger partial charge in [0.15, 0.2) is 5.78 Å². The third-order valence-corrected chi connectivity index (χ3v) is 2.90. The molecule has 5 nitrogen and oxygen atoms in total. The lowest BCUT2D eigenvalue weighted by molar-refractivity contribution is -0.165. The molecule has 0 heterocycles. The Balaban J connectivity index is 2.81. The molecule has 1 saturated carbocycles. The fourth-order valence-electron chi connectivity index (χ4n) is 1.54. The maximum absolute atomic E-state index is 12.1. The maximum atomic E-state index is 12.1. The van der Waals surface area contributed by atoms with Gasteiger partial charge in [0.2, 0.25) is 5.92 Å². The smallest absolute Gasteiger partial charge is 0.328 e. The van der Waals surface area contributed by atoms with E-state index in [0.29, 0.717) is 12.8 Å². The first-order valence-electron chi connectivity index (χ1n) is 5.84. The summed E-state index contributed by atoms with van der Waals surface area (Å²) in [5, 5.41) is 0. The lowest BCUT2D eigenvalue weighted by Crippen LogP contribution is -2.38. The fourth-order valence-corrected chi connectivity index (χ4v) is 1.54. The molecule has 1 rings (SSSR count). The Hall–Kier alpha value is -1.39. The number of ketones is 1. The normalized spacial score (nSPS) is 16.5. The van der Waals surface area contributed by atoms with Crippen LogP contribution in [0, 0.1) is 11.3 Å². The highest BCUT2D eigenvalue weighted by atomic mass is 16.6. The molecule has 17 heavy (non-hydrogen) atoms. The molecule has 0 N–H and O–H groups in total. The molecule has 0 saturated heterocycles. The van der Waals surface area contributed by atoms with Crippen LogP contribution < -0.4 is 0 Å². The zero-order chi connectivity index (χ0) is 13.1. The zero-order valence-corrected chi connectivity index (χ0v) is 10.4. The molecular formula is C12H18O5. The molecule has 0 aromatic carbocycles. The molecule has 5 heteroatoms. The van der Waals surface area contributed by atoms with Gasteiger partial charge in [-0.2, -0.15) is 0 Å². The first kappa shape index (κ1) is 13.7. The molecule has 0 spiro atoms. The number of Topliss-reactive ketones (excluding diaryl/α,β-unsaturated/α-hetero) is 1. The summed E-state index contributed by atoms with van der Waals surface area (Å²) < 4.78 is 9.51. The number of hydrogen-bond acceptors (Lipinski definition) is 5. The number of esters is 2. The van der Waals surface area contributed by atoms with Crippen molar-refractivity contribution in [2.45, 2.75) is 33.6 Å². The summed E-state index contributed by atoms with van der Waals surface area (Å²) >= 11 is 0. The van der Waals surface area contributed by atoms with Crippen molar-refractivity contribution >= 4 is 17.7 Å². The Morgan fingerprint density at radius 3 is 1.76 bits per heavy atom. The first-order chi connectivity index (χ1) is 7.96. The van der Waals surface area contributed by atoms with Crippen LogP contribution in [-0.2, 0) is 23.9 Å². The second kappa shape index (κ2) is 5.29. The lowest BCUT2D eigenvalue weighted by Gasteiger charge is -2.16. The van der Waals surface area contributed by atoms with Crippen molar-refractivity contribution in [3.05, 3.63) is 0 Å². The van der Waals surface area contributed by atoms with Gasteiger partial charge in [-0.3, -0.25) is 14.4 Å². The van der Waals surface area contributed by atoms with Crippen LogP contribution in [0.25, 0.3) is 0 Å². The van der Waals surface area contributed by atoms with Crippen molar-refractivity contribution in [1.29, 1.82) is 0 Å². The van der Waals surface area contributed by atoms with E-state index in [0.717, 1.165) is 0 Å². The van der Waals surface area contributed by atoms with Crippen molar-refractivity contribution < 1.29 is 23.9 Å². The summed E-state index contributed by atoms with van der Waals surface area (Å²) in [6, 6.07) is 0. The predicted molar refractivity (Wildman–Crippen MR) is 59.1 cm³/mol. The molecule has 0 amide bonds. The maximum Gasteiger partial charge on any atom is 0.328 e. The average Bonchev–Trinajstić information content (AvgIpc) is 2.99. The molecule has 1 fully saturated rings. The summed E-state index contributed by atoms with van der Waals surface area (Å²) in [6.07, 6.45) is 1.42. The Morgan fingerprint density at radius 1 is 1.06 bits per heavy atom. The van der Waals surface area contributed by atoms with Gasteiger partial charge in [-0.1, -0.05) is 6.92 Å². The summed E-state index contributed by atoms with van der Waals surface area (Å²) in [5.41, 5.74) is -0.551. The van der Waals surface area contributed by atoms with Gasteiger partial charge < -0.3 is 9.47 Å². The summed E-state index contributed by atoms with van der Waals surface area (Å²) in [4.78, 5) is 35.3. The molecule has 0 aliphatic heterocycles. The minimum atomic E-state index is -1.41. The Kier molecular flexibility index (Phi) is 4.26. The second-order valence-electron chi connectivity index (χ2n) is 4.36. The van der Waals surface area contributed by atoms with E-state index in [2.05, 4.69) is 0 Å². The van der Waals surface area contributed by atoms with E-state index in [9.17, 15) is 14.4 Å².